The van der Waals surface area contributed by atoms with Crippen LogP contribution >= 0.6 is 12.2 Å². The zero-order chi connectivity index (χ0) is 11.7. The summed E-state index contributed by atoms with van der Waals surface area (Å²) in [6, 6.07) is 6.05. The van der Waals surface area contributed by atoms with Crippen molar-refractivity contribution in [2.24, 2.45) is 5.73 Å². The molecule has 0 atom stereocenters. The van der Waals surface area contributed by atoms with Crippen molar-refractivity contribution in [3.05, 3.63) is 47.5 Å². The van der Waals surface area contributed by atoms with Crippen molar-refractivity contribution in [3.63, 3.8) is 0 Å². The maximum Gasteiger partial charge on any atom is 0.110 e. The molecule has 0 aliphatic carbocycles. The van der Waals surface area contributed by atoms with Gasteiger partial charge in [0.2, 0.25) is 0 Å². The predicted octanol–water partition coefficient (Wildman–Crippen LogP) is 2.12. The van der Waals surface area contributed by atoms with Crippen LogP contribution in [0.25, 0.3) is 5.69 Å². The number of aryl methyl sites for hydroxylation is 2. The van der Waals surface area contributed by atoms with Crippen LogP contribution in [0.5, 0.6) is 0 Å². The normalized spacial score (nSPS) is 10.4. The Bertz CT molecular complexity index is 543. The van der Waals surface area contributed by atoms with E-state index in [1.165, 1.54) is 0 Å². The smallest absolute Gasteiger partial charge is 0.110 e. The summed E-state index contributed by atoms with van der Waals surface area (Å²) < 4.78 is 1.98. The summed E-state index contributed by atoms with van der Waals surface area (Å²) in [5.74, 6) is 0.918. The van der Waals surface area contributed by atoms with Crippen molar-refractivity contribution in [2.75, 3.05) is 0 Å². The lowest BCUT2D eigenvalue weighted by Crippen LogP contribution is -2.14. The number of nitrogens with two attached hydrogens (primary N) is 1. The van der Waals surface area contributed by atoms with Gasteiger partial charge in [0, 0.05) is 18.0 Å². The highest BCUT2D eigenvalue weighted by Crippen LogP contribution is 2.17. The third-order valence-corrected chi connectivity index (χ3v) is 2.72. The number of hydrogen-bond donors (Lipinski definition) is 1. The summed E-state index contributed by atoms with van der Waals surface area (Å²) >= 11 is 5.07. The molecule has 2 aromatic rings. The number of thiocarbonyl (C=S) groups is 1. The Balaban J connectivity index is 2.65. The average Bonchev–Trinajstić information content (AvgIpc) is 2.64. The fraction of sp³-hybridized carbons (Fsp3) is 0.167. The van der Waals surface area contributed by atoms with Crippen LogP contribution in [0.15, 0.2) is 30.6 Å². The molecular formula is C12H13N3S. The Morgan fingerprint density at radius 3 is 2.69 bits per heavy atom. The zero-order valence-electron chi connectivity index (χ0n) is 9.27. The summed E-state index contributed by atoms with van der Waals surface area (Å²) in [4.78, 5) is 4.60. The van der Waals surface area contributed by atoms with E-state index in [0.29, 0.717) is 4.99 Å². The predicted molar refractivity (Wildman–Crippen MR) is 68.9 cm³/mol. The molecular weight excluding hydrogens is 218 g/mol. The van der Waals surface area contributed by atoms with E-state index in [1.807, 2.05) is 42.8 Å². The lowest BCUT2D eigenvalue weighted by Gasteiger charge is -2.11. The molecule has 0 spiro atoms. The fourth-order valence-corrected chi connectivity index (χ4v) is 1.85. The van der Waals surface area contributed by atoms with Gasteiger partial charge in [0.15, 0.2) is 0 Å². The molecule has 0 radical (unpaired) electrons. The summed E-state index contributed by atoms with van der Waals surface area (Å²) in [5, 5.41) is 0. The lowest BCUT2D eigenvalue weighted by atomic mass is 10.1. The first-order valence-electron chi connectivity index (χ1n) is 5.00. The third kappa shape index (κ3) is 1.84. The minimum Gasteiger partial charge on any atom is -0.389 e. The van der Waals surface area contributed by atoms with Gasteiger partial charge >= 0.3 is 0 Å². The van der Waals surface area contributed by atoms with Crippen molar-refractivity contribution in [3.8, 4) is 5.69 Å². The topological polar surface area (TPSA) is 43.8 Å². The van der Waals surface area contributed by atoms with Gasteiger partial charge in [0.25, 0.3) is 0 Å². The second kappa shape index (κ2) is 4.06. The molecule has 0 amide bonds. The first-order chi connectivity index (χ1) is 7.59. The van der Waals surface area contributed by atoms with Gasteiger partial charge in [-0.05, 0) is 26.0 Å². The number of nitrogens with zero attached hydrogens (tertiary/aromatic N) is 2. The summed E-state index contributed by atoms with van der Waals surface area (Å²) in [7, 11) is 0. The molecule has 0 aliphatic heterocycles. The molecule has 1 aromatic carbocycles. The Labute approximate surface area is 99.9 Å². The highest BCUT2D eigenvalue weighted by Gasteiger charge is 2.08. The molecule has 3 nitrogen and oxygen atoms in total. The van der Waals surface area contributed by atoms with Crippen LogP contribution in [-0.2, 0) is 0 Å². The van der Waals surface area contributed by atoms with Gasteiger partial charge in [-0.1, -0.05) is 23.8 Å². The summed E-state index contributed by atoms with van der Waals surface area (Å²) in [5.41, 5.74) is 8.75. The highest BCUT2D eigenvalue weighted by molar-refractivity contribution is 7.80. The minimum absolute atomic E-state index is 0.409. The molecule has 0 fully saturated rings. The molecule has 0 bridgehead atoms. The molecule has 2 N–H and O–H groups in total. The van der Waals surface area contributed by atoms with Crippen LogP contribution in [0, 0.1) is 13.8 Å². The Hall–Kier alpha value is -1.68. The average molecular weight is 231 g/mol. The first kappa shape index (κ1) is 10.8. The maximum atomic E-state index is 5.74. The molecule has 0 aliphatic rings. The van der Waals surface area contributed by atoms with Crippen molar-refractivity contribution >= 4 is 17.2 Å². The number of imidazole rings is 1. The van der Waals surface area contributed by atoms with Crippen molar-refractivity contribution in [2.45, 2.75) is 13.8 Å². The first-order valence-corrected chi connectivity index (χ1v) is 5.41. The lowest BCUT2D eigenvalue weighted by molar-refractivity contribution is 0.971. The van der Waals surface area contributed by atoms with Crippen LogP contribution in [0.1, 0.15) is 17.0 Å². The van der Waals surface area contributed by atoms with E-state index in [9.17, 15) is 0 Å². The van der Waals surface area contributed by atoms with Crippen LogP contribution in [-0.4, -0.2) is 14.5 Å². The summed E-state index contributed by atoms with van der Waals surface area (Å²) in [6.07, 6.45) is 3.67. The fourth-order valence-electron chi connectivity index (χ4n) is 1.69. The van der Waals surface area contributed by atoms with Crippen LogP contribution in [0.2, 0.25) is 0 Å². The van der Waals surface area contributed by atoms with E-state index in [2.05, 4.69) is 4.98 Å². The second-order valence-electron chi connectivity index (χ2n) is 3.73. The molecule has 0 saturated carbocycles. The Kier molecular flexibility index (Phi) is 2.75. The molecule has 16 heavy (non-hydrogen) atoms. The van der Waals surface area contributed by atoms with Gasteiger partial charge < -0.3 is 10.3 Å². The van der Waals surface area contributed by atoms with E-state index in [-0.39, 0.29) is 0 Å². The van der Waals surface area contributed by atoms with Crippen molar-refractivity contribution in [1.29, 1.82) is 0 Å². The molecule has 2 rings (SSSR count). The number of benzene rings is 1. The highest BCUT2D eigenvalue weighted by atomic mass is 32.1. The molecule has 4 heteroatoms. The number of aromatic nitrogens is 2. The Morgan fingerprint density at radius 2 is 2.12 bits per heavy atom. The number of hydrogen-bond acceptors (Lipinski definition) is 2. The van der Waals surface area contributed by atoms with Gasteiger partial charge in [0.1, 0.15) is 10.8 Å². The molecule has 1 aromatic heterocycles. The second-order valence-corrected chi connectivity index (χ2v) is 4.17. The largest absolute Gasteiger partial charge is 0.389 e. The third-order valence-electron chi connectivity index (χ3n) is 2.50. The van der Waals surface area contributed by atoms with Gasteiger partial charge in [-0.15, -0.1) is 0 Å². The van der Waals surface area contributed by atoms with Crippen molar-refractivity contribution < 1.29 is 0 Å². The number of rotatable bonds is 2. The zero-order valence-corrected chi connectivity index (χ0v) is 10.1. The SMILES string of the molecule is Cc1ccc(-n2ccnc2C)c(C(N)=S)c1. The van der Waals surface area contributed by atoms with E-state index in [1.54, 1.807) is 6.20 Å². The monoisotopic (exact) mass is 231 g/mol. The van der Waals surface area contributed by atoms with E-state index >= 15 is 0 Å². The molecule has 1 heterocycles. The summed E-state index contributed by atoms with van der Waals surface area (Å²) in [6.45, 7) is 3.97. The van der Waals surface area contributed by atoms with Gasteiger partial charge in [-0.3, -0.25) is 0 Å². The minimum atomic E-state index is 0.409. The van der Waals surface area contributed by atoms with Crippen LogP contribution < -0.4 is 5.73 Å². The van der Waals surface area contributed by atoms with Crippen molar-refractivity contribution in [1.82, 2.24) is 9.55 Å². The van der Waals surface area contributed by atoms with E-state index in [0.717, 1.165) is 22.6 Å². The van der Waals surface area contributed by atoms with Crippen LogP contribution in [0.3, 0.4) is 0 Å². The quantitative estimate of drug-likeness (QED) is 0.805. The van der Waals surface area contributed by atoms with Gasteiger partial charge in [-0.25, -0.2) is 4.98 Å². The van der Waals surface area contributed by atoms with Crippen LogP contribution in [0.4, 0.5) is 0 Å². The van der Waals surface area contributed by atoms with E-state index in [4.69, 9.17) is 18.0 Å². The Morgan fingerprint density at radius 1 is 1.38 bits per heavy atom. The molecule has 0 unspecified atom stereocenters. The molecule has 82 valence electrons. The standard InChI is InChI=1S/C12H13N3S/c1-8-3-4-11(10(7-8)12(13)16)15-6-5-14-9(15)2/h3-7H,1-2H3,(H2,13,16). The van der Waals surface area contributed by atoms with Gasteiger partial charge in [-0.2, -0.15) is 0 Å². The van der Waals surface area contributed by atoms with Gasteiger partial charge in [0.05, 0.1) is 5.69 Å². The maximum absolute atomic E-state index is 5.74. The van der Waals surface area contributed by atoms with E-state index < -0.39 is 0 Å². The molecule has 0 saturated heterocycles.